The standard InChI is InChI=1S/C22H21N5O/c1-14-9-11-17(12-10-14)22(28)25-19-20(24-18-7-5-4-6-8-18)26-27-16(3)13-15(2)23-21(19)27/h4-13H,1-3H3,(H,24,26)(H,25,28). The molecular weight excluding hydrogens is 350 g/mol. The molecule has 1 amide bonds. The van der Waals surface area contributed by atoms with Gasteiger partial charge in [-0.05, 0) is 51.1 Å². The molecule has 0 bridgehead atoms. The Labute approximate surface area is 163 Å². The van der Waals surface area contributed by atoms with Gasteiger partial charge in [0.05, 0.1) is 0 Å². The number of para-hydroxylation sites is 1. The van der Waals surface area contributed by atoms with Crippen LogP contribution in [-0.2, 0) is 0 Å². The fraction of sp³-hybridized carbons (Fsp3) is 0.136. The Bertz CT molecular complexity index is 1150. The van der Waals surface area contributed by atoms with Gasteiger partial charge in [-0.25, -0.2) is 9.50 Å². The number of amides is 1. The van der Waals surface area contributed by atoms with Crippen LogP contribution in [0.4, 0.5) is 17.2 Å². The summed E-state index contributed by atoms with van der Waals surface area (Å²) in [7, 11) is 0. The van der Waals surface area contributed by atoms with Crippen LogP contribution in [0.1, 0.15) is 27.3 Å². The van der Waals surface area contributed by atoms with Crippen molar-refractivity contribution in [2.24, 2.45) is 0 Å². The van der Waals surface area contributed by atoms with Gasteiger partial charge in [0.15, 0.2) is 11.5 Å². The molecule has 2 aromatic heterocycles. The molecule has 6 heteroatoms. The smallest absolute Gasteiger partial charge is 0.255 e. The molecule has 4 rings (SSSR count). The third-order valence-corrected chi connectivity index (χ3v) is 4.48. The van der Waals surface area contributed by atoms with Crippen molar-refractivity contribution in [2.45, 2.75) is 20.8 Å². The first-order valence-corrected chi connectivity index (χ1v) is 9.08. The van der Waals surface area contributed by atoms with Crippen LogP contribution in [0.15, 0.2) is 60.7 Å². The Hall–Kier alpha value is -3.67. The lowest BCUT2D eigenvalue weighted by atomic mass is 10.1. The van der Waals surface area contributed by atoms with E-state index in [1.54, 1.807) is 4.52 Å². The molecule has 140 valence electrons. The normalized spacial score (nSPS) is 10.8. The summed E-state index contributed by atoms with van der Waals surface area (Å²) < 4.78 is 1.74. The van der Waals surface area contributed by atoms with Crippen molar-refractivity contribution in [3.05, 3.63) is 83.2 Å². The lowest BCUT2D eigenvalue weighted by Crippen LogP contribution is -2.13. The minimum atomic E-state index is -0.202. The molecule has 0 radical (unpaired) electrons. The highest BCUT2D eigenvalue weighted by Gasteiger charge is 2.19. The largest absolute Gasteiger partial charge is 0.337 e. The maximum atomic E-state index is 12.8. The predicted octanol–water partition coefficient (Wildman–Crippen LogP) is 4.65. The van der Waals surface area contributed by atoms with Crippen molar-refractivity contribution in [1.82, 2.24) is 14.6 Å². The number of hydrogen-bond acceptors (Lipinski definition) is 4. The lowest BCUT2D eigenvalue weighted by Gasteiger charge is -2.08. The number of nitrogens with one attached hydrogen (secondary N) is 2. The van der Waals surface area contributed by atoms with Crippen LogP contribution in [0.2, 0.25) is 0 Å². The number of hydrogen-bond donors (Lipinski definition) is 2. The number of fused-ring (bicyclic) bond motifs is 1. The second-order valence-electron chi connectivity index (χ2n) is 6.81. The van der Waals surface area contributed by atoms with Crippen LogP contribution in [0.25, 0.3) is 5.65 Å². The van der Waals surface area contributed by atoms with Gasteiger partial charge in [-0.3, -0.25) is 4.79 Å². The summed E-state index contributed by atoms with van der Waals surface area (Å²) in [4.78, 5) is 17.4. The number of benzene rings is 2. The number of carbonyl (C=O) groups is 1. The number of nitrogens with zero attached hydrogens (tertiary/aromatic N) is 3. The van der Waals surface area contributed by atoms with Crippen molar-refractivity contribution in [1.29, 1.82) is 0 Å². The van der Waals surface area contributed by atoms with E-state index in [1.807, 2.05) is 81.4 Å². The van der Waals surface area contributed by atoms with E-state index < -0.39 is 0 Å². The van der Waals surface area contributed by atoms with Gasteiger partial charge in [0.1, 0.15) is 5.69 Å². The quantitative estimate of drug-likeness (QED) is 0.548. The van der Waals surface area contributed by atoms with Crippen LogP contribution in [-0.4, -0.2) is 20.5 Å². The zero-order valence-corrected chi connectivity index (χ0v) is 16.0. The molecule has 2 N–H and O–H groups in total. The summed E-state index contributed by atoms with van der Waals surface area (Å²) in [5.41, 5.74) is 5.53. The summed E-state index contributed by atoms with van der Waals surface area (Å²) in [6, 6.07) is 19.1. The van der Waals surface area contributed by atoms with E-state index in [2.05, 4.69) is 20.7 Å². The highest BCUT2D eigenvalue weighted by molar-refractivity contribution is 6.08. The molecule has 0 aliphatic heterocycles. The molecule has 0 fully saturated rings. The minimum Gasteiger partial charge on any atom is -0.337 e. The second kappa shape index (κ2) is 7.15. The summed E-state index contributed by atoms with van der Waals surface area (Å²) in [6.45, 7) is 5.88. The van der Waals surface area contributed by atoms with Crippen LogP contribution in [0.5, 0.6) is 0 Å². The van der Waals surface area contributed by atoms with E-state index in [9.17, 15) is 4.79 Å². The van der Waals surface area contributed by atoms with E-state index in [1.165, 1.54) is 0 Å². The molecule has 4 aromatic rings. The average molecular weight is 371 g/mol. The van der Waals surface area contributed by atoms with E-state index >= 15 is 0 Å². The number of rotatable bonds is 4. The van der Waals surface area contributed by atoms with E-state index in [4.69, 9.17) is 0 Å². The summed E-state index contributed by atoms with van der Waals surface area (Å²) in [5.74, 6) is 0.347. The topological polar surface area (TPSA) is 71.3 Å². The van der Waals surface area contributed by atoms with Crippen LogP contribution < -0.4 is 10.6 Å². The monoisotopic (exact) mass is 371 g/mol. The maximum absolute atomic E-state index is 12.8. The first-order chi connectivity index (χ1) is 13.5. The summed E-state index contributed by atoms with van der Waals surface area (Å²) in [5, 5.41) is 10.9. The summed E-state index contributed by atoms with van der Waals surface area (Å²) >= 11 is 0. The van der Waals surface area contributed by atoms with Gasteiger partial charge >= 0.3 is 0 Å². The molecule has 0 saturated carbocycles. The first kappa shape index (κ1) is 17.7. The molecule has 0 atom stereocenters. The van der Waals surface area contributed by atoms with Gasteiger partial charge in [0.2, 0.25) is 0 Å². The highest BCUT2D eigenvalue weighted by atomic mass is 16.1. The number of carbonyl (C=O) groups excluding carboxylic acids is 1. The van der Waals surface area contributed by atoms with Crippen molar-refractivity contribution in [2.75, 3.05) is 10.6 Å². The molecular formula is C22H21N5O. The van der Waals surface area contributed by atoms with Crippen molar-refractivity contribution >= 4 is 28.7 Å². The predicted molar refractivity (Wildman–Crippen MR) is 111 cm³/mol. The number of anilines is 3. The molecule has 28 heavy (non-hydrogen) atoms. The third-order valence-electron chi connectivity index (χ3n) is 4.48. The van der Waals surface area contributed by atoms with Gasteiger partial charge in [-0.2, -0.15) is 0 Å². The zero-order chi connectivity index (χ0) is 19.7. The molecule has 6 nitrogen and oxygen atoms in total. The fourth-order valence-corrected chi connectivity index (χ4v) is 3.07. The van der Waals surface area contributed by atoms with Crippen LogP contribution in [0, 0.1) is 20.8 Å². The molecule has 2 aromatic carbocycles. The van der Waals surface area contributed by atoms with Crippen molar-refractivity contribution in [3.8, 4) is 0 Å². The third kappa shape index (κ3) is 3.44. The highest BCUT2D eigenvalue weighted by Crippen LogP contribution is 2.29. The Morgan fingerprint density at radius 1 is 0.964 bits per heavy atom. The number of aromatic nitrogens is 3. The zero-order valence-electron chi connectivity index (χ0n) is 16.0. The van der Waals surface area contributed by atoms with Gasteiger partial charge < -0.3 is 10.6 Å². The molecule has 0 unspecified atom stereocenters. The number of aryl methyl sites for hydroxylation is 3. The van der Waals surface area contributed by atoms with Crippen LogP contribution in [0.3, 0.4) is 0 Å². The maximum Gasteiger partial charge on any atom is 0.255 e. The molecule has 0 aliphatic carbocycles. The Kier molecular flexibility index (Phi) is 4.53. The van der Waals surface area contributed by atoms with E-state index in [-0.39, 0.29) is 5.91 Å². The molecule has 2 heterocycles. The molecule has 0 saturated heterocycles. The first-order valence-electron chi connectivity index (χ1n) is 9.08. The fourth-order valence-electron chi connectivity index (χ4n) is 3.07. The molecule has 0 aliphatic rings. The Morgan fingerprint density at radius 2 is 1.68 bits per heavy atom. The Balaban J connectivity index is 1.78. The summed E-state index contributed by atoms with van der Waals surface area (Å²) in [6.07, 6.45) is 0. The SMILES string of the molecule is Cc1ccc(C(=O)Nc2c(Nc3ccccc3)nn3c(C)cc(C)nc23)cc1. The van der Waals surface area contributed by atoms with Gasteiger partial charge in [0, 0.05) is 22.6 Å². The Morgan fingerprint density at radius 3 is 2.39 bits per heavy atom. The average Bonchev–Trinajstić information content (AvgIpc) is 3.01. The van der Waals surface area contributed by atoms with Crippen LogP contribution >= 0.6 is 0 Å². The minimum absolute atomic E-state index is 0.202. The van der Waals surface area contributed by atoms with Gasteiger partial charge in [-0.1, -0.05) is 35.9 Å². The van der Waals surface area contributed by atoms with E-state index in [0.29, 0.717) is 22.7 Å². The second-order valence-corrected chi connectivity index (χ2v) is 6.81. The molecule has 0 spiro atoms. The van der Waals surface area contributed by atoms with Crippen molar-refractivity contribution in [3.63, 3.8) is 0 Å². The lowest BCUT2D eigenvalue weighted by molar-refractivity contribution is 0.102. The van der Waals surface area contributed by atoms with Gasteiger partial charge in [-0.15, -0.1) is 5.10 Å². The van der Waals surface area contributed by atoms with E-state index in [0.717, 1.165) is 22.6 Å². The van der Waals surface area contributed by atoms with Gasteiger partial charge in [0.25, 0.3) is 5.91 Å². The van der Waals surface area contributed by atoms with Crippen molar-refractivity contribution < 1.29 is 4.79 Å².